The zero-order valence-electron chi connectivity index (χ0n) is 12.2. The molecular formula is C15H27NO2. The van der Waals surface area contributed by atoms with Crippen molar-refractivity contribution in [2.24, 2.45) is 11.8 Å². The predicted octanol–water partition coefficient (Wildman–Crippen LogP) is 2.12. The summed E-state index contributed by atoms with van der Waals surface area (Å²) in [5, 5.41) is 13.8. The summed E-state index contributed by atoms with van der Waals surface area (Å²) in [5.74, 6) is 0.812. The zero-order valence-corrected chi connectivity index (χ0v) is 12.2. The monoisotopic (exact) mass is 253 g/mol. The number of hydrogen-bond acceptors (Lipinski definition) is 3. The summed E-state index contributed by atoms with van der Waals surface area (Å²) in [6.45, 7) is 12.1. The number of likely N-dealkylation sites (N-methyl/N-ethyl adjacent to an activating group) is 1. The van der Waals surface area contributed by atoms with Crippen LogP contribution in [0.25, 0.3) is 0 Å². The van der Waals surface area contributed by atoms with Gasteiger partial charge in [0.1, 0.15) is 6.10 Å². The molecule has 0 spiro atoms. The molecule has 1 fully saturated rings. The molecule has 1 rings (SSSR count). The van der Waals surface area contributed by atoms with Gasteiger partial charge in [-0.25, -0.2) is 0 Å². The van der Waals surface area contributed by atoms with Crippen LogP contribution in [0.1, 0.15) is 34.1 Å². The molecule has 1 saturated heterocycles. The van der Waals surface area contributed by atoms with E-state index in [1.165, 1.54) is 0 Å². The Morgan fingerprint density at radius 1 is 1.44 bits per heavy atom. The van der Waals surface area contributed by atoms with E-state index in [4.69, 9.17) is 4.74 Å². The smallest absolute Gasteiger partial charge is 0.105 e. The van der Waals surface area contributed by atoms with E-state index in [1.54, 1.807) is 0 Å². The van der Waals surface area contributed by atoms with E-state index in [-0.39, 0.29) is 12.2 Å². The van der Waals surface area contributed by atoms with Gasteiger partial charge in [0.2, 0.25) is 0 Å². The van der Waals surface area contributed by atoms with Gasteiger partial charge < -0.3 is 15.2 Å². The van der Waals surface area contributed by atoms with Gasteiger partial charge in [0.25, 0.3) is 0 Å². The normalized spacial score (nSPS) is 36.1. The van der Waals surface area contributed by atoms with Crippen LogP contribution in [-0.4, -0.2) is 36.0 Å². The van der Waals surface area contributed by atoms with Crippen LogP contribution in [-0.2, 0) is 4.74 Å². The lowest BCUT2D eigenvalue weighted by molar-refractivity contribution is -0.0173. The van der Waals surface area contributed by atoms with E-state index < -0.39 is 11.6 Å². The molecule has 0 radical (unpaired) electrons. The minimum atomic E-state index is -0.574. The number of hydrogen-bond donors (Lipinski definition) is 2. The molecule has 3 heteroatoms. The number of nitrogens with one attached hydrogen (secondary N) is 1. The molecule has 1 heterocycles. The molecule has 0 aromatic heterocycles. The van der Waals surface area contributed by atoms with Crippen molar-refractivity contribution in [3.8, 4) is 0 Å². The molecular weight excluding hydrogens is 226 g/mol. The van der Waals surface area contributed by atoms with Gasteiger partial charge in [0.15, 0.2) is 0 Å². The second-order valence-electron chi connectivity index (χ2n) is 5.95. The van der Waals surface area contributed by atoms with Gasteiger partial charge in [-0.15, -0.1) is 5.73 Å². The van der Waals surface area contributed by atoms with Gasteiger partial charge in [-0.1, -0.05) is 34.3 Å². The van der Waals surface area contributed by atoms with E-state index in [9.17, 15) is 5.11 Å². The third-order valence-electron chi connectivity index (χ3n) is 3.72. The topological polar surface area (TPSA) is 41.5 Å². The van der Waals surface area contributed by atoms with Crippen molar-refractivity contribution in [1.82, 2.24) is 5.32 Å². The molecule has 3 nitrogen and oxygen atoms in total. The molecule has 1 aliphatic heterocycles. The first-order valence-corrected chi connectivity index (χ1v) is 6.78. The van der Waals surface area contributed by atoms with E-state index in [1.807, 2.05) is 13.1 Å². The molecule has 4 atom stereocenters. The quantitative estimate of drug-likeness (QED) is 0.737. The van der Waals surface area contributed by atoms with Gasteiger partial charge in [-0.05, 0) is 31.4 Å². The highest BCUT2D eigenvalue weighted by Gasteiger charge is 2.54. The Morgan fingerprint density at radius 3 is 2.44 bits per heavy atom. The Labute approximate surface area is 111 Å². The third-order valence-corrected chi connectivity index (χ3v) is 3.72. The lowest BCUT2D eigenvalue weighted by Crippen LogP contribution is -2.57. The molecule has 2 N–H and O–H groups in total. The van der Waals surface area contributed by atoms with Crippen LogP contribution in [0, 0.1) is 11.8 Å². The second kappa shape index (κ2) is 6.03. The van der Waals surface area contributed by atoms with Crippen molar-refractivity contribution in [2.45, 2.75) is 58.0 Å². The summed E-state index contributed by atoms with van der Waals surface area (Å²) in [5.41, 5.74) is 2.24. The Bertz CT molecular complexity index is 320. The first kappa shape index (κ1) is 15.5. The largest absolute Gasteiger partial charge is 0.388 e. The lowest BCUT2D eigenvalue weighted by Gasteiger charge is -2.34. The SMILES string of the molecule is C=C=C[C@@]1(NC)[C@H](O)[C@@H](CC(C)C)O[C@H]1C(C)C. The van der Waals surface area contributed by atoms with E-state index in [0.29, 0.717) is 11.8 Å². The van der Waals surface area contributed by atoms with Gasteiger partial charge in [-0.3, -0.25) is 0 Å². The Kier molecular flexibility index (Phi) is 5.18. The summed E-state index contributed by atoms with van der Waals surface area (Å²) < 4.78 is 6.09. The summed E-state index contributed by atoms with van der Waals surface area (Å²) >= 11 is 0. The second-order valence-corrected chi connectivity index (χ2v) is 5.95. The van der Waals surface area contributed by atoms with Gasteiger partial charge in [0.05, 0.1) is 17.7 Å². The average molecular weight is 253 g/mol. The highest BCUT2D eigenvalue weighted by Crippen LogP contribution is 2.38. The van der Waals surface area contributed by atoms with Crippen LogP contribution in [0.4, 0.5) is 0 Å². The number of ether oxygens (including phenoxy) is 1. The van der Waals surface area contributed by atoms with Gasteiger partial charge >= 0.3 is 0 Å². The maximum Gasteiger partial charge on any atom is 0.105 e. The highest BCUT2D eigenvalue weighted by atomic mass is 16.5. The van der Waals surface area contributed by atoms with E-state index in [2.05, 4.69) is 45.3 Å². The van der Waals surface area contributed by atoms with Crippen LogP contribution < -0.4 is 5.32 Å². The molecule has 0 bridgehead atoms. The number of aliphatic hydroxyl groups excluding tert-OH is 1. The molecule has 0 aromatic rings. The van der Waals surface area contributed by atoms with E-state index in [0.717, 1.165) is 6.42 Å². The summed E-state index contributed by atoms with van der Waals surface area (Å²) in [4.78, 5) is 0. The number of rotatable bonds is 5. The molecule has 1 aliphatic rings. The average Bonchev–Trinajstić information content (AvgIpc) is 2.55. The molecule has 0 aromatic carbocycles. The van der Waals surface area contributed by atoms with Crippen molar-refractivity contribution in [2.75, 3.05) is 7.05 Å². The summed E-state index contributed by atoms with van der Waals surface area (Å²) in [6, 6.07) is 0. The fourth-order valence-corrected chi connectivity index (χ4v) is 2.91. The summed E-state index contributed by atoms with van der Waals surface area (Å²) in [6.07, 6.45) is 1.93. The Morgan fingerprint density at radius 2 is 2.06 bits per heavy atom. The fourth-order valence-electron chi connectivity index (χ4n) is 2.91. The molecule has 18 heavy (non-hydrogen) atoms. The van der Waals surface area contributed by atoms with Crippen molar-refractivity contribution < 1.29 is 9.84 Å². The summed E-state index contributed by atoms with van der Waals surface area (Å²) in [7, 11) is 1.85. The van der Waals surface area contributed by atoms with Crippen LogP contribution in [0.15, 0.2) is 18.4 Å². The van der Waals surface area contributed by atoms with Gasteiger partial charge in [0, 0.05) is 0 Å². The Balaban J connectivity index is 3.07. The Hall–Kier alpha value is -0.600. The van der Waals surface area contributed by atoms with Crippen LogP contribution in [0.2, 0.25) is 0 Å². The number of aliphatic hydroxyl groups is 1. The minimum absolute atomic E-state index is 0.0597. The molecule has 0 unspecified atom stereocenters. The molecule has 0 saturated carbocycles. The first-order chi connectivity index (χ1) is 8.39. The predicted molar refractivity (Wildman–Crippen MR) is 74.5 cm³/mol. The van der Waals surface area contributed by atoms with Crippen LogP contribution >= 0.6 is 0 Å². The highest BCUT2D eigenvalue weighted by molar-refractivity contribution is 5.19. The van der Waals surface area contributed by atoms with Crippen molar-refractivity contribution >= 4 is 0 Å². The van der Waals surface area contributed by atoms with Crippen molar-refractivity contribution in [3.63, 3.8) is 0 Å². The third kappa shape index (κ3) is 2.70. The van der Waals surface area contributed by atoms with Crippen LogP contribution in [0.3, 0.4) is 0 Å². The standard InChI is InChI=1S/C15H27NO2/c1-7-8-15(16-6)13(17)12(9-10(2)3)18-14(15)11(4)5/h8,10-14,16-17H,1,9H2,2-6H3/t12-,13-,14+,15-/m1/s1. The first-order valence-electron chi connectivity index (χ1n) is 6.78. The molecule has 104 valence electrons. The van der Waals surface area contributed by atoms with Crippen molar-refractivity contribution in [3.05, 3.63) is 18.4 Å². The minimum Gasteiger partial charge on any atom is -0.388 e. The maximum atomic E-state index is 10.6. The molecule has 0 aliphatic carbocycles. The van der Waals surface area contributed by atoms with Gasteiger partial charge in [-0.2, -0.15) is 0 Å². The van der Waals surface area contributed by atoms with Crippen molar-refractivity contribution in [1.29, 1.82) is 0 Å². The fraction of sp³-hybridized carbons (Fsp3) is 0.800. The maximum absolute atomic E-state index is 10.6. The zero-order chi connectivity index (χ0) is 13.9. The lowest BCUT2D eigenvalue weighted by atomic mass is 9.81. The van der Waals surface area contributed by atoms with Crippen LogP contribution in [0.5, 0.6) is 0 Å². The van der Waals surface area contributed by atoms with E-state index >= 15 is 0 Å². The molecule has 0 amide bonds.